The van der Waals surface area contributed by atoms with Crippen molar-refractivity contribution in [3.8, 4) is 0 Å². The molecule has 2 heterocycles. The summed E-state index contributed by atoms with van der Waals surface area (Å²) in [6.07, 6.45) is 4.93. The number of primary amides is 1. The molecule has 2 aromatic rings. The van der Waals surface area contributed by atoms with Crippen LogP contribution in [0.3, 0.4) is 0 Å². The summed E-state index contributed by atoms with van der Waals surface area (Å²) in [7, 11) is -3.39. The molecule has 0 radical (unpaired) electrons. The summed E-state index contributed by atoms with van der Waals surface area (Å²) in [5.74, 6) is -0.358. The highest BCUT2D eigenvalue weighted by Gasteiger charge is 2.16. The van der Waals surface area contributed by atoms with E-state index in [1.165, 1.54) is 6.33 Å². The van der Waals surface area contributed by atoms with Gasteiger partial charge in [0.2, 0.25) is 5.91 Å². The molecular formula is C11H14N4O3S. The van der Waals surface area contributed by atoms with Gasteiger partial charge in [0.1, 0.15) is 12.0 Å². The Morgan fingerprint density at radius 2 is 2.16 bits per heavy atom. The molecule has 2 aromatic heterocycles. The van der Waals surface area contributed by atoms with Crippen molar-refractivity contribution in [1.29, 1.82) is 0 Å². The van der Waals surface area contributed by atoms with E-state index < -0.39 is 9.84 Å². The molecule has 0 aromatic carbocycles. The summed E-state index contributed by atoms with van der Waals surface area (Å²) < 4.78 is 25.0. The first-order valence-corrected chi connectivity index (χ1v) is 7.57. The van der Waals surface area contributed by atoms with Crippen molar-refractivity contribution in [3.63, 3.8) is 0 Å². The second-order valence-electron chi connectivity index (χ2n) is 4.27. The van der Waals surface area contributed by atoms with E-state index >= 15 is 0 Å². The Morgan fingerprint density at radius 1 is 1.42 bits per heavy atom. The van der Waals surface area contributed by atoms with E-state index in [9.17, 15) is 13.2 Å². The van der Waals surface area contributed by atoms with Crippen molar-refractivity contribution in [1.82, 2.24) is 14.5 Å². The fourth-order valence-corrected chi connectivity index (χ4v) is 2.68. The molecule has 19 heavy (non-hydrogen) atoms. The molecular weight excluding hydrogens is 268 g/mol. The minimum absolute atomic E-state index is 0.0196. The van der Waals surface area contributed by atoms with Crippen LogP contribution in [0.5, 0.6) is 0 Å². The van der Waals surface area contributed by atoms with E-state index in [1.54, 1.807) is 16.8 Å². The van der Waals surface area contributed by atoms with Crippen LogP contribution >= 0.6 is 0 Å². The lowest BCUT2D eigenvalue weighted by Crippen LogP contribution is -2.11. The van der Waals surface area contributed by atoms with Crippen molar-refractivity contribution in [2.24, 2.45) is 5.73 Å². The third kappa shape index (κ3) is 2.90. The normalized spacial score (nSPS) is 11.8. The van der Waals surface area contributed by atoms with Crippen LogP contribution in [0.15, 0.2) is 23.6 Å². The van der Waals surface area contributed by atoms with Crippen LogP contribution in [-0.4, -0.2) is 35.1 Å². The largest absolute Gasteiger partial charge is 0.370 e. The van der Waals surface area contributed by atoms with Crippen LogP contribution in [0.1, 0.15) is 12.8 Å². The highest BCUT2D eigenvalue weighted by Crippen LogP contribution is 2.20. The van der Waals surface area contributed by atoms with E-state index in [4.69, 9.17) is 5.73 Å². The Hall–Kier alpha value is -1.96. The van der Waals surface area contributed by atoms with Gasteiger partial charge in [-0.3, -0.25) is 4.79 Å². The average molecular weight is 282 g/mol. The molecule has 0 saturated heterocycles. The van der Waals surface area contributed by atoms with Gasteiger partial charge in [0.25, 0.3) is 0 Å². The zero-order valence-electron chi connectivity index (χ0n) is 10.4. The van der Waals surface area contributed by atoms with Crippen molar-refractivity contribution in [2.75, 3.05) is 6.26 Å². The summed E-state index contributed by atoms with van der Waals surface area (Å²) in [4.78, 5) is 18.6. The molecule has 0 aliphatic heterocycles. The number of carbonyl (C=O) groups is 1. The quantitative estimate of drug-likeness (QED) is 0.782. The second kappa shape index (κ2) is 4.96. The molecule has 7 nitrogen and oxygen atoms in total. The Balaban J connectivity index is 2.36. The predicted molar refractivity (Wildman–Crippen MR) is 69.1 cm³/mol. The fraction of sp³-hybridized carbons (Fsp3) is 0.364. The third-order valence-corrected chi connectivity index (χ3v) is 3.72. The predicted octanol–water partition coefficient (Wildman–Crippen LogP) is 0.100. The van der Waals surface area contributed by atoms with Crippen LogP contribution in [-0.2, 0) is 21.2 Å². The molecule has 2 N–H and O–H groups in total. The maximum absolute atomic E-state index is 11.6. The number of amides is 1. The topological polar surface area (TPSA) is 108 Å². The summed E-state index contributed by atoms with van der Waals surface area (Å²) in [6.45, 7) is 0.548. The third-order valence-electron chi connectivity index (χ3n) is 2.69. The van der Waals surface area contributed by atoms with E-state index in [0.29, 0.717) is 24.0 Å². The number of sulfone groups is 1. The van der Waals surface area contributed by atoms with Gasteiger partial charge in [0.05, 0.1) is 5.39 Å². The zero-order chi connectivity index (χ0) is 14.0. The Morgan fingerprint density at radius 3 is 2.79 bits per heavy atom. The summed E-state index contributed by atoms with van der Waals surface area (Å²) >= 11 is 0. The summed E-state index contributed by atoms with van der Waals surface area (Å²) in [5.41, 5.74) is 5.61. The molecule has 102 valence electrons. The van der Waals surface area contributed by atoms with E-state index in [2.05, 4.69) is 9.97 Å². The first kappa shape index (κ1) is 13.5. The van der Waals surface area contributed by atoms with Crippen molar-refractivity contribution in [3.05, 3.63) is 18.6 Å². The fourth-order valence-electron chi connectivity index (χ4n) is 1.88. The molecule has 0 fully saturated rings. The lowest BCUT2D eigenvalue weighted by atomic mass is 10.3. The number of aryl methyl sites for hydroxylation is 1. The Labute approximate surface area is 110 Å². The summed E-state index contributed by atoms with van der Waals surface area (Å²) in [6, 6.07) is 1.66. The first-order chi connectivity index (χ1) is 8.89. The van der Waals surface area contributed by atoms with Gasteiger partial charge in [-0.25, -0.2) is 18.4 Å². The van der Waals surface area contributed by atoms with Gasteiger partial charge in [-0.2, -0.15) is 0 Å². The lowest BCUT2D eigenvalue weighted by Gasteiger charge is -2.04. The molecule has 0 unspecified atom stereocenters. The molecule has 1 amide bonds. The van der Waals surface area contributed by atoms with Crippen LogP contribution in [0.2, 0.25) is 0 Å². The number of carbonyl (C=O) groups excluding carboxylic acids is 1. The van der Waals surface area contributed by atoms with Gasteiger partial charge in [-0.05, 0) is 12.5 Å². The number of rotatable bonds is 5. The first-order valence-electron chi connectivity index (χ1n) is 5.68. The summed E-state index contributed by atoms with van der Waals surface area (Å²) in [5, 5.41) is 0.509. The molecule has 8 heteroatoms. The Bertz CT molecular complexity index is 721. The number of hydrogen-bond donors (Lipinski definition) is 1. The molecule has 0 atom stereocenters. The van der Waals surface area contributed by atoms with Gasteiger partial charge < -0.3 is 10.3 Å². The van der Waals surface area contributed by atoms with Crippen LogP contribution in [0, 0.1) is 0 Å². The molecule has 0 aliphatic carbocycles. The van der Waals surface area contributed by atoms with Crippen molar-refractivity contribution < 1.29 is 13.2 Å². The van der Waals surface area contributed by atoms with Crippen LogP contribution in [0.25, 0.3) is 11.0 Å². The maximum Gasteiger partial charge on any atom is 0.217 e. The van der Waals surface area contributed by atoms with E-state index in [1.807, 2.05) is 0 Å². The number of nitrogens with zero attached hydrogens (tertiary/aromatic N) is 3. The van der Waals surface area contributed by atoms with Crippen LogP contribution < -0.4 is 5.73 Å². The minimum Gasteiger partial charge on any atom is -0.370 e. The molecule has 2 rings (SSSR count). The highest BCUT2D eigenvalue weighted by atomic mass is 32.2. The zero-order valence-corrected chi connectivity index (χ0v) is 11.2. The Kier molecular flexibility index (Phi) is 3.52. The van der Waals surface area contributed by atoms with Crippen LogP contribution in [0.4, 0.5) is 0 Å². The second-order valence-corrected chi connectivity index (χ2v) is 6.20. The number of nitrogens with two attached hydrogens (primary N) is 1. The molecule has 0 aliphatic rings. The van der Waals surface area contributed by atoms with Gasteiger partial charge >= 0.3 is 0 Å². The van der Waals surface area contributed by atoms with Gasteiger partial charge in [-0.15, -0.1) is 0 Å². The standard InChI is InChI=1S/C11H14N4O3S/c1-19(17,18)11-8-4-6-15(5-2-3-9(12)16)10(8)13-7-14-11/h4,6-7H,2-3,5H2,1H3,(H2,12,16). The maximum atomic E-state index is 11.6. The van der Waals surface area contributed by atoms with Gasteiger partial charge in [-0.1, -0.05) is 0 Å². The average Bonchev–Trinajstić information content (AvgIpc) is 2.70. The lowest BCUT2D eigenvalue weighted by molar-refractivity contribution is -0.118. The van der Waals surface area contributed by atoms with Crippen molar-refractivity contribution >= 4 is 26.8 Å². The van der Waals surface area contributed by atoms with Gasteiger partial charge in [0, 0.05) is 25.4 Å². The highest BCUT2D eigenvalue weighted by molar-refractivity contribution is 7.90. The number of hydrogen-bond acceptors (Lipinski definition) is 5. The molecule has 0 bridgehead atoms. The smallest absolute Gasteiger partial charge is 0.217 e. The number of fused-ring (bicyclic) bond motifs is 1. The van der Waals surface area contributed by atoms with Gasteiger partial charge in [0.15, 0.2) is 14.9 Å². The monoisotopic (exact) mass is 282 g/mol. The minimum atomic E-state index is -3.39. The SMILES string of the molecule is CS(=O)(=O)c1ncnc2c1ccn2CCCC(N)=O. The van der Waals surface area contributed by atoms with Crippen molar-refractivity contribution in [2.45, 2.75) is 24.4 Å². The van der Waals surface area contributed by atoms with E-state index in [0.717, 1.165) is 6.26 Å². The number of aromatic nitrogens is 3. The molecule has 0 spiro atoms. The molecule has 0 saturated carbocycles. The van der Waals surface area contributed by atoms with E-state index in [-0.39, 0.29) is 17.4 Å².